The van der Waals surface area contributed by atoms with Crippen molar-refractivity contribution in [1.82, 2.24) is 4.98 Å². The minimum absolute atomic E-state index is 0.0286. The van der Waals surface area contributed by atoms with Gasteiger partial charge in [-0.15, -0.1) is 11.3 Å². The number of hydrogen-bond donors (Lipinski definition) is 2. The fraction of sp³-hybridized carbons (Fsp3) is 0.286. The van der Waals surface area contributed by atoms with Crippen LogP contribution in [0.1, 0.15) is 29.2 Å². The summed E-state index contributed by atoms with van der Waals surface area (Å²) in [7, 11) is 0. The molecule has 2 aromatic rings. The number of carbonyl (C=O) groups is 1. The zero-order chi connectivity index (χ0) is 17.2. The first kappa shape index (κ1) is 17.7. The molecule has 9 heteroatoms. The number of carbonyl (C=O) groups excluding carboxylic acids is 1. The number of halogens is 4. The van der Waals surface area contributed by atoms with Gasteiger partial charge in [-0.2, -0.15) is 13.2 Å². The fourth-order valence-electron chi connectivity index (χ4n) is 1.77. The molecule has 1 heterocycles. The van der Waals surface area contributed by atoms with E-state index in [2.05, 4.69) is 10.3 Å². The largest absolute Gasteiger partial charge is 0.416 e. The third-order valence-electron chi connectivity index (χ3n) is 2.87. The standard InChI is InChI=1S/C14H13ClF3N3OS/c1-7(19)13-20-9(6-23-13)5-12(22)21-11-4-8(14(16,17)18)2-3-10(11)15/h2-4,6-7H,5,19H2,1H3,(H,21,22). The minimum Gasteiger partial charge on any atom is -0.324 e. The highest BCUT2D eigenvalue weighted by atomic mass is 35.5. The molecule has 0 saturated heterocycles. The van der Waals surface area contributed by atoms with Crippen molar-refractivity contribution in [2.45, 2.75) is 25.6 Å². The number of hydrogen-bond acceptors (Lipinski definition) is 4. The maximum absolute atomic E-state index is 12.7. The first-order chi connectivity index (χ1) is 10.7. The Hall–Kier alpha value is -1.64. The van der Waals surface area contributed by atoms with Gasteiger partial charge in [-0.25, -0.2) is 4.98 Å². The normalized spacial score (nSPS) is 13.0. The highest BCUT2D eigenvalue weighted by Gasteiger charge is 2.31. The number of nitrogens with zero attached hydrogens (tertiary/aromatic N) is 1. The van der Waals surface area contributed by atoms with Crippen LogP contribution in [-0.4, -0.2) is 10.9 Å². The lowest BCUT2D eigenvalue weighted by Crippen LogP contribution is -2.16. The van der Waals surface area contributed by atoms with Crippen LogP contribution in [0.5, 0.6) is 0 Å². The van der Waals surface area contributed by atoms with Crippen molar-refractivity contribution >= 4 is 34.5 Å². The summed E-state index contributed by atoms with van der Waals surface area (Å²) in [6.45, 7) is 1.77. The highest BCUT2D eigenvalue weighted by molar-refractivity contribution is 7.09. The summed E-state index contributed by atoms with van der Waals surface area (Å²) >= 11 is 7.15. The molecule has 2 rings (SSSR count). The summed E-state index contributed by atoms with van der Waals surface area (Å²) < 4.78 is 38.1. The second-order valence-electron chi connectivity index (χ2n) is 4.88. The molecular weight excluding hydrogens is 351 g/mol. The van der Waals surface area contributed by atoms with E-state index in [1.807, 2.05) is 0 Å². The maximum Gasteiger partial charge on any atom is 0.416 e. The lowest BCUT2D eigenvalue weighted by Gasteiger charge is -2.11. The monoisotopic (exact) mass is 363 g/mol. The molecule has 0 spiro atoms. The molecule has 1 aromatic heterocycles. The van der Waals surface area contributed by atoms with Gasteiger partial charge in [-0.05, 0) is 25.1 Å². The van der Waals surface area contributed by atoms with Gasteiger partial charge in [-0.1, -0.05) is 11.6 Å². The second kappa shape index (κ2) is 6.86. The van der Waals surface area contributed by atoms with E-state index < -0.39 is 17.6 Å². The number of amides is 1. The van der Waals surface area contributed by atoms with Gasteiger partial charge in [0, 0.05) is 5.38 Å². The molecule has 0 bridgehead atoms. The molecule has 0 aliphatic heterocycles. The number of aromatic nitrogens is 1. The van der Waals surface area contributed by atoms with Crippen LogP contribution >= 0.6 is 22.9 Å². The molecular formula is C14H13ClF3N3OS. The van der Waals surface area contributed by atoms with Gasteiger partial charge in [0.2, 0.25) is 5.91 Å². The molecule has 0 aliphatic rings. The summed E-state index contributed by atoms with van der Waals surface area (Å²) in [5.74, 6) is -0.507. The molecule has 0 aliphatic carbocycles. The lowest BCUT2D eigenvalue weighted by molar-refractivity contribution is -0.137. The predicted molar refractivity (Wildman–Crippen MR) is 83.5 cm³/mol. The van der Waals surface area contributed by atoms with Gasteiger partial charge in [0.25, 0.3) is 0 Å². The van der Waals surface area contributed by atoms with Crippen LogP contribution in [0, 0.1) is 0 Å². The van der Waals surface area contributed by atoms with E-state index in [0.29, 0.717) is 10.7 Å². The Bertz CT molecular complexity index is 716. The van der Waals surface area contributed by atoms with Crippen molar-refractivity contribution in [3.05, 3.63) is 44.9 Å². The van der Waals surface area contributed by atoms with E-state index >= 15 is 0 Å². The van der Waals surface area contributed by atoms with Crippen LogP contribution in [0.25, 0.3) is 0 Å². The summed E-state index contributed by atoms with van der Waals surface area (Å²) in [6, 6.07) is 2.51. The molecule has 0 radical (unpaired) electrons. The summed E-state index contributed by atoms with van der Waals surface area (Å²) in [5.41, 5.74) is 5.21. The summed E-state index contributed by atoms with van der Waals surface area (Å²) in [4.78, 5) is 16.1. The Balaban J connectivity index is 2.10. The van der Waals surface area contributed by atoms with Gasteiger partial charge in [0.15, 0.2) is 0 Å². The first-order valence-electron chi connectivity index (χ1n) is 6.53. The van der Waals surface area contributed by atoms with Crippen LogP contribution in [-0.2, 0) is 17.4 Å². The smallest absolute Gasteiger partial charge is 0.324 e. The number of nitrogens with one attached hydrogen (secondary N) is 1. The highest BCUT2D eigenvalue weighted by Crippen LogP contribution is 2.33. The summed E-state index contributed by atoms with van der Waals surface area (Å²) in [6.07, 6.45) is -4.58. The quantitative estimate of drug-likeness (QED) is 0.862. The van der Waals surface area contributed by atoms with Crippen molar-refractivity contribution in [3.63, 3.8) is 0 Å². The Morgan fingerprint density at radius 1 is 1.48 bits per heavy atom. The molecule has 1 unspecified atom stereocenters. The average molecular weight is 364 g/mol. The number of benzene rings is 1. The molecule has 3 N–H and O–H groups in total. The van der Waals surface area contributed by atoms with Crippen molar-refractivity contribution in [2.75, 3.05) is 5.32 Å². The number of thiazole rings is 1. The average Bonchev–Trinajstić information content (AvgIpc) is 2.88. The van der Waals surface area contributed by atoms with Gasteiger partial charge in [-0.3, -0.25) is 4.79 Å². The third kappa shape index (κ3) is 4.66. The number of alkyl halides is 3. The summed E-state index contributed by atoms with van der Waals surface area (Å²) in [5, 5.41) is 4.77. The first-order valence-corrected chi connectivity index (χ1v) is 7.79. The molecule has 124 valence electrons. The van der Waals surface area contributed by atoms with Gasteiger partial charge in [0.05, 0.1) is 34.4 Å². The van der Waals surface area contributed by atoms with Crippen LogP contribution in [0.2, 0.25) is 5.02 Å². The predicted octanol–water partition coefficient (Wildman–Crippen LogP) is 4.02. The molecule has 0 saturated carbocycles. The van der Waals surface area contributed by atoms with Gasteiger partial charge in [0.1, 0.15) is 5.01 Å². The van der Waals surface area contributed by atoms with E-state index in [4.69, 9.17) is 17.3 Å². The van der Waals surface area contributed by atoms with Crippen LogP contribution in [0.3, 0.4) is 0 Å². The van der Waals surface area contributed by atoms with Crippen LogP contribution < -0.4 is 11.1 Å². The zero-order valence-electron chi connectivity index (χ0n) is 11.9. The maximum atomic E-state index is 12.7. The Morgan fingerprint density at radius 3 is 2.74 bits per heavy atom. The molecule has 23 heavy (non-hydrogen) atoms. The third-order valence-corrected chi connectivity index (χ3v) is 4.29. The molecule has 1 aromatic carbocycles. The van der Waals surface area contributed by atoms with E-state index in [-0.39, 0.29) is 23.2 Å². The molecule has 4 nitrogen and oxygen atoms in total. The van der Waals surface area contributed by atoms with E-state index in [0.717, 1.165) is 18.2 Å². The molecule has 0 fully saturated rings. The van der Waals surface area contributed by atoms with Gasteiger partial charge < -0.3 is 11.1 Å². The van der Waals surface area contributed by atoms with Crippen molar-refractivity contribution in [3.8, 4) is 0 Å². The van der Waals surface area contributed by atoms with E-state index in [1.165, 1.54) is 11.3 Å². The fourth-order valence-corrected chi connectivity index (χ4v) is 2.71. The number of nitrogens with two attached hydrogens (primary N) is 1. The topological polar surface area (TPSA) is 68.0 Å². The van der Waals surface area contributed by atoms with Gasteiger partial charge >= 0.3 is 6.18 Å². The van der Waals surface area contributed by atoms with Crippen LogP contribution in [0.15, 0.2) is 23.6 Å². The molecule has 1 amide bonds. The van der Waals surface area contributed by atoms with Crippen molar-refractivity contribution < 1.29 is 18.0 Å². The SMILES string of the molecule is CC(N)c1nc(CC(=O)Nc2cc(C(F)(F)F)ccc2Cl)cs1. The van der Waals surface area contributed by atoms with Crippen molar-refractivity contribution in [2.24, 2.45) is 5.73 Å². The Kier molecular flexibility index (Phi) is 5.28. The Morgan fingerprint density at radius 2 is 2.17 bits per heavy atom. The van der Waals surface area contributed by atoms with E-state index in [9.17, 15) is 18.0 Å². The minimum atomic E-state index is -4.51. The van der Waals surface area contributed by atoms with Crippen molar-refractivity contribution in [1.29, 1.82) is 0 Å². The lowest BCUT2D eigenvalue weighted by atomic mass is 10.2. The molecule has 1 atom stereocenters. The zero-order valence-corrected chi connectivity index (χ0v) is 13.5. The Labute approximate surface area is 139 Å². The second-order valence-corrected chi connectivity index (χ2v) is 6.18. The van der Waals surface area contributed by atoms with E-state index in [1.54, 1.807) is 12.3 Å². The number of rotatable bonds is 4. The number of anilines is 1. The van der Waals surface area contributed by atoms with Crippen LogP contribution in [0.4, 0.5) is 18.9 Å².